The van der Waals surface area contributed by atoms with Crippen LogP contribution in [0.5, 0.6) is 0 Å². The van der Waals surface area contributed by atoms with Crippen molar-refractivity contribution < 1.29 is 14.0 Å². The number of likely N-dealkylation sites (tertiary alicyclic amines) is 1. The number of dihydropyridines is 1. The van der Waals surface area contributed by atoms with Crippen LogP contribution in [0.1, 0.15) is 51.2 Å². The van der Waals surface area contributed by atoms with E-state index in [0.29, 0.717) is 41.1 Å². The van der Waals surface area contributed by atoms with E-state index in [0.717, 1.165) is 42.5 Å². The highest BCUT2D eigenvalue weighted by Gasteiger charge is 2.28. The molecule has 0 aromatic heterocycles. The number of ketones is 1. The lowest BCUT2D eigenvalue weighted by Crippen LogP contribution is -2.48. The van der Waals surface area contributed by atoms with Crippen LogP contribution >= 0.6 is 15.9 Å². The SMILES string of the molecule is CC1=NCC(=O)C(C)=C1C(=O)NCCC(C)N1CCC(N(Cc2cc(C#N)ccc2F)c2ccc(Br)cc2)CC1. The molecule has 2 aromatic carbocycles. The fourth-order valence-corrected chi connectivity index (χ4v) is 5.71. The molecule has 2 aromatic rings. The van der Waals surface area contributed by atoms with Gasteiger partial charge < -0.3 is 15.1 Å². The molecule has 210 valence electrons. The third-order valence-corrected chi connectivity index (χ3v) is 8.46. The summed E-state index contributed by atoms with van der Waals surface area (Å²) in [5.41, 5.74) is 3.47. The van der Waals surface area contributed by atoms with Crippen LogP contribution < -0.4 is 10.2 Å². The van der Waals surface area contributed by atoms with E-state index in [9.17, 15) is 19.2 Å². The van der Waals surface area contributed by atoms with Crippen LogP contribution in [0.4, 0.5) is 10.1 Å². The Bertz CT molecular complexity index is 1360. The second kappa shape index (κ2) is 13.3. The van der Waals surface area contributed by atoms with Crippen LogP contribution in [-0.2, 0) is 16.1 Å². The Morgan fingerprint density at radius 2 is 1.93 bits per heavy atom. The van der Waals surface area contributed by atoms with Crippen molar-refractivity contribution in [3.05, 3.63) is 75.0 Å². The molecule has 1 atom stereocenters. The number of rotatable bonds is 9. The van der Waals surface area contributed by atoms with E-state index in [4.69, 9.17) is 0 Å². The maximum absolute atomic E-state index is 14.7. The van der Waals surface area contributed by atoms with Crippen LogP contribution in [0.3, 0.4) is 0 Å². The van der Waals surface area contributed by atoms with Gasteiger partial charge in [0, 0.05) is 65.3 Å². The number of carbonyl (C=O) groups is 2. The summed E-state index contributed by atoms with van der Waals surface area (Å²) in [5, 5.41) is 12.3. The van der Waals surface area contributed by atoms with Crippen molar-refractivity contribution in [2.24, 2.45) is 4.99 Å². The number of benzene rings is 2. The number of amides is 1. The molecule has 40 heavy (non-hydrogen) atoms. The highest BCUT2D eigenvalue weighted by atomic mass is 79.9. The number of aliphatic imine (C=N–C) groups is 1. The lowest BCUT2D eigenvalue weighted by molar-refractivity contribution is -0.118. The molecule has 1 unspecified atom stereocenters. The second-order valence-corrected chi connectivity index (χ2v) is 11.4. The van der Waals surface area contributed by atoms with Gasteiger partial charge >= 0.3 is 0 Å². The number of nitrogens with one attached hydrogen (secondary N) is 1. The van der Waals surface area contributed by atoms with Crippen LogP contribution in [-0.4, -0.2) is 60.6 Å². The molecule has 7 nitrogen and oxygen atoms in total. The standard InChI is InChI=1S/C31H35BrFN5O2/c1-20(10-13-35-31(40)30-21(2)29(39)18-36-22(30)3)37-14-11-27(12-15-37)38(26-7-5-25(32)6-8-26)19-24-16-23(17-34)4-9-28(24)33/h4-9,16,20,27H,10-15,18-19H2,1-3H3,(H,35,40). The summed E-state index contributed by atoms with van der Waals surface area (Å²) < 4.78 is 15.7. The zero-order chi connectivity index (χ0) is 28.8. The topological polar surface area (TPSA) is 88.8 Å². The number of Topliss-reactive ketones (excluding diaryl/α,β-unsaturated/α-hetero) is 1. The van der Waals surface area contributed by atoms with Crippen molar-refractivity contribution in [1.29, 1.82) is 5.26 Å². The Hall–Kier alpha value is -3.35. The Labute approximate surface area is 243 Å². The summed E-state index contributed by atoms with van der Waals surface area (Å²) in [6.07, 6.45) is 2.61. The van der Waals surface area contributed by atoms with Gasteiger partial charge in [0.15, 0.2) is 5.78 Å². The first-order chi connectivity index (χ1) is 19.2. The average Bonchev–Trinajstić information content (AvgIpc) is 2.95. The predicted molar refractivity (Wildman–Crippen MR) is 159 cm³/mol. The van der Waals surface area contributed by atoms with Crippen LogP contribution in [0, 0.1) is 17.1 Å². The molecule has 2 aliphatic rings. The van der Waals surface area contributed by atoms with Gasteiger partial charge in [-0.25, -0.2) is 4.39 Å². The van der Waals surface area contributed by atoms with Crippen LogP contribution in [0.25, 0.3) is 0 Å². The molecule has 1 saturated heterocycles. The van der Waals surface area contributed by atoms with Crippen LogP contribution in [0.15, 0.2) is 63.1 Å². The molecule has 2 aliphatic heterocycles. The number of halogens is 2. The van der Waals surface area contributed by atoms with Gasteiger partial charge in [-0.3, -0.25) is 14.6 Å². The fourth-order valence-electron chi connectivity index (χ4n) is 5.45. The molecule has 4 rings (SSSR count). The molecule has 0 saturated carbocycles. The van der Waals surface area contributed by atoms with E-state index in [2.05, 4.69) is 49.0 Å². The van der Waals surface area contributed by atoms with E-state index in [1.807, 2.05) is 24.3 Å². The van der Waals surface area contributed by atoms with Gasteiger partial charge in [0.1, 0.15) is 12.4 Å². The number of nitriles is 1. The third kappa shape index (κ3) is 7.04. The van der Waals surface area contributed by atoms with Gasteiger partial charge in [0.2, 0.25) is 0 Å². The van der Waals surface area contributed by atoms with Gasteiger partial charge in [0.05, 0.1) is 17.2 Å². The lowest BCUT2D eigenvalue weighted by atomic mass is 9.98. The van der Waals surface area contributed by atoms with Crippen molar-refractivity contribution in [1.82, 2.24) is 10.2 Å². The van der Waals surface area contributed by atoms with Crippen molar-refractivity contribution in [3.63, 3.8) is 0 Å². The zero-order valence-corrected chi connectivity index (χ0v) is 24.8. The smallest absolute Gasteiger partial charge is 0.253 e. The molecule has 9 heteroatoms. The summed E-state index contributed by atoms with van der Waals surface area (Å²) in [6, 6.07) is 15.2. The average molecular weight is 609 g/mol. The quantitative estimate of drug-likeness (QED) is 0.424. The van der Waals surface area contributed by atoms with Gasteiger partial charge in [-0.05, 0) is 82.5 Å². The summed E-state index contributed by atoms with van der Waals surface area (Å²) in [5.74, 6) is -0.653. The maximum atomic E-state index is 14.7. The normalized spacial score (nSPS) is 17.3. The zero-order valence-electron chi connectivity index (χ0n) is 23.2. The first kappa shape index (κ1) is 29.6. The van der Waals surface area contributed by atoms with Crippen molar-refractivity contribution in [2.45, 2.75) is 58.7 Å². The van der Waals surface area contributed by atoms with Crippen molar-refractivity contribution in [2.75, 3.05) is 31.1 Å². The summed E-state index contributed by atoms with van der Waals surface area (Å²) in [7, 11) is 0. The summed E-state index contributed by atoms with van der Waals surface area (Å²) in [4.78, 5) is 33.6. The molecule has 1 amide bonds. The molecular formula is C31H35BrFN5O2. The van der Waals surface area contributed by atoms with E-state index in [1.165, 1.54) is 12.1 Å². The Balaban J connectivity index is 1.36. The van der Waals surface area contributed by atoms with Gasteiger partial charge in [-0.1, -0.05) is 15.9 Å². The molecule has 0 spiro atoms. The molecule has 0 aliphatic carbocycles. The first-order valence-corrected chi connectivity index (χ1v) is 14.5. The van der Waals surface area contributed by atoms with E-state index < -0.39 is 0 Å². The largest absolute Gasteiger partial charge is 0.364 e. The molecule has 0 bridgehead atoms. The predicted octanol–water partition coefficient (Wildman–Crippen LogP) is 5.19. The van der Waals surface area contributed by atoms with Gasteiger partial charge in [-0.2, -0.15) is 5.26 Å². The maximum Gasteiger partial charge on any atom is 0.253 e. The van der Waals surface area contributed by atoms with E-state index in [-0.39, 0.29) is 36.1 Å². The summed E-state index contributed by atoms with van der Waals surface area (Å²) in [6.45, 7) is 8.41. The first-order valence-electron chi connectivity index (χ1n) is 13.7. The van der Waals surface area contributed by atoms with Gasteiger partial charge in [0.25, 0.3) is 5.91 Å². The Morgan fingerprint density at radius 1 is 1.23 bits per heavy atom. The molecule has 0 radical (unpaired) electrons. The number of hydrogen-bond acceptors (Lipinski definition) is 6. The lowest BCUT2D eigenvalue weighted by Gasteiger charge is -2.42. The molecule has 1 N–H and O–H groups in total. The van der Waals surface area contributed by atoms with E-state index >= 15 is 0 Å². The monoisotopic (exact) mass is 607 g/mol. The molecule has 1 fully saturated rings. The highest BCUT2D eigenvalue weighted by molar-refractivity contribution is 9.10. The van der Waals surface area contributed by atoms with Crippen LogP contribution in [0.2, 0.25) is 0 Å². The summed E-state index contributed by atoms with van der Waals surface area (Å²) >= 11 is 3.50. The molecule has 2 heterocycles. The number of hydrogen-bond donors (Lipinski definition) is 1. The third-order valence-electron chi connectivity index (χ3n) is 7.93. The van der Waals surface area contributed by atoms with Crippen molar-refractivity contribution in [3.8, 4) is 6.07 Å². The number of carbonyl (C=O) groups excluding carboxylic acids is 2. The minimum absolute atomic E-state index is 0.107. The number of nitrogens with zero attached hydrogens (tertiary/aromatic N) is 4. The second-order valence-electron chi connectivity index (χ2n) is 10.5. The highest BCUT2D eigenvalue weighted by Crippen LogP contribution is 2.29. The molecular weight excluding hydrogens is 573 g/mol. The Kier molecular flexibility index (Phi) is 9.88. The minimum atomic E-state index is -0.306. The van der Waals surface area contributed by atoms with Gasteiger partial charge in [-0.15, -0.1) is 0 Å². The van der Waals surface area contributed by atoms with E-state index in [1.54, 1.807) is 19.9 Å². The van der Waals surface area contributed by atoms with Crippen molar-refractivity contribution >= 4 is 39.0 Å². The number of anilines is 1. The fraction of sp³-hybridized carbons (Fsp3) is 0.419. The Morgan fingerprint density at radius 3 is 2.60 bits per heavy atom. The minimum Gasteiger partial charge on any atom is -0.364 e. The number of piperidine rings is 1.